The lowest BCUT2D eigenvalue weighted by Gasteiger charge is -2.12. The summed E-state index contributed by atoms with van der Waals surface area (Å²) < 4.78 is 1.17. The molecule has 84 valence electrons. The number of hydrogen-bond acceptors (Lipinski definition) is 0. The summed E-state index contributed by atoms with van der Waals surface area (Å²) >= 11 is 3.67. The molecule has 17 heavy (non-hydrogen) atoms. The summed E-state index contributed by atoms with van der Waals surface area (Å²) in [4.78, 5) is 0. The molecule has 0 aromatic heterocycles. The van der Waals surface area contributed by atoms with E-state index in [4.69, 9.17) is 0 Å². The van der Waals surface area contributed by atoms with Crippen LogP contribution in [-0.4, -0.2) is 0 Å². The molecule has 1 heteroatoms. The van der Waals surface area contributed by atoms with E-state index >= 15 is 0 Å². The van der Waals surface area contributed by atoms with Gasteiger partial charge < -0.3 is 0 Å². The topological polar surface area (TPSA) is 0 Å². The monoisotopic (exact) mass is 284 g/mol. The highest BCUT2D eigenvalue weighted by Crippen LogP contribution is 2.40. The molecule has 0 amide bonds. The molecule has 0 saturated carbocycles. The van der Waals surface area contributed by atoms with Gasteiger partial charge in [0.25, 0.3) is 0 Å². The predicted molar refractivity (Wildman–Crippen MR) is 77.0 cm³/mol. The van der Waals surface area contributed by atoms with Gasteiger partial charge in [0.2, 0.25) is 0 Å². The van der Waals surface area contributed by atoms with Crippen molar-refractivity contribution in [1.29, 1.82) is 0 Å². The molecule has 0 aliphatic heterocycles. The van der Waals surface area contributed by atoms with Crippen molar-refractivity contribution in [3.63, 3.8) is 0 Å². The van der Waals surface area contributed by atoms with Gasteiger partial charge in [-0.25, -0.2) is 0 Å². The van der Waals surface area contributed by atoms with Crippen LogP contribution < -0.4 is 0 Å². The Morgan fingerprint density at radius 3 is 2.53 bits per heavy atom. The Labute approximate surface area is 110 Å². The maximum Gasteiger partial charge on any atom is 0.0259 e. The maximum absolute atomic E-state index is 3.67. The van der Waals surface area contributed by atoms with Crippen LogP contribution in [0.1, 0.15) is 24.0 Å². The second-order valence-electron chi connectivity index (χ2n) is 4.44. The Balaban J connectivity index is 2.27. The van der Waals surface area contributed by atoms with E-state index in [1.54, 1.807) is 0 Å². The molecule has 3 rings (SSSR count). The van der Waals surface area contributed by atoms with E-state index in [0.29, 0.717) is 5.92 Å². The number of hydrogen-bond donors (Lipinski definition) is 0. The molecule has 1 atom stereocenters. The fourth-order valence-electron chi connectivity index (χ4n) is 2.43. The number of halogens is 1. The lowest BCUT2D eigenvalue weighted by Crippen LogP contribution is -1.91. The van der Waals surface area contributed by atoms with Crippen LogP contribution in [0, 0.1) is 0 Å². The van der Waals surface area contributed by atoms with Crippen LogP contribution in [0.3, 0.4) is 0 Å². The van der Waals surface area contributed by atoms with E-state index in [-0.39, 0.29) is 0 Å². The maximum atomic E-state index is 3.67. The highest BCUT2D eigenvalue weighted by atomic mass is 79.9. The summed E-state index contributed by atoms with van der Waals surface area (Å²) in [6, 6.07) is 14.9. The van der Waals surface area contributed by atoms with Crippen LogP contribution >= 0.6 is 15.9 Å². The summed E-state index contributed by atoms with van der Waals surface area (Å²) in [6.45, 7) is 2.24. The molecule has 0 bridgehead atoms. The average Bonchev–Trinajstić information content (AvgIpc) is 2.72. The highest BCUT2D eigenvalue weighted by Gasteiger charge is 2.18. The van der Waals surface area contributed by atoms with Crippen molar-refractivity contribution in [1.82, 2.24) is 0 Å². The van der Waals surface area contributed by atoms with E-state index in [9.17, 15) is 0 Å². The van der Waals surface area contributed by atoms with Gasteiger partial charge in [-0.2, -0.15) is 0 Å². The first kappa shape index (κ1) is 10.8. The Hall–Kier alpha value is -1.34. The molecule has 0 heterocycles. The molecule has 2 aromatic carbocycles. The Bertz CT molecular complexity index is 582. The molecule has 0 radical (unpaired) electrons. The number of benzene rings is 2. The fourth-order valence-corrected chi connectivity index (χ4v) is 3.00. The zero-order valence-corrected chi connectivity index (χ0v) is 11.2. The standard InChI is InChI=1S/C16H13Br/c1-11-7-8-14-13(11)9-10-15(17)16(14)12-5-3-2-4-6-12/h2-11H,1H3. The number of fused-ring (bicyclic) bond motifs is 1. The third-order valence-corrected chi connectivity index (χ3v) is 3.99. The SMILES string of the molecule is CC1C=Cc2c1ccc(Br)c2-c1ccccc1. The van der Waals surface area contributed by atoms with Crippen LogP contribution in [0.5, 0.6) is 0 Å². The average molecular weight is 285 g/mol. The third kappa shape index (κ3) is 1.75. The van der Waals surface area contributed by atoms with Crippen LogP contribution in [-0.2, 0) is 0 Å². The van der Waals surface area contributed by atoms with Gasteiger partial charge in [-0.05, 0) is 28.7 Å². The molecule has 1 unspecified atom stereocenters. The van der Waals surface area contributed by atoms with Gasteiger partial charge in [-0.3, -0.25) is 0 Å². The van der Waals surface area contributed by atoms with Crippen molar-refractivity contribution in [3.05, 3.63) is 64.1 Å². The zero-order valence-electron chi connectivity index (χ0n) is 9.65. The van der Waals surface area contributed by atoms with Crippen molar-refractivity contribution in [2.45, 2.75) is 12.8 Å². The van der Waals surface area contributed by atoms with Gasteiger partial charge in [0, 0.05) is 10.0 Å². The fraction of sp³-hybridized carbons (Fsp3) is 0.125. The first-order chi connectivity index (χ1) is 8.27. The van der Waals surface area contributed by atoms with E-state index in [0.717, 1.165) is 0 Å². The minimum atomic E-state index is 0.528. The van der Waals surface area contributed by atoms with Gasteiger partial charge in [-0.1, -0.05) is 71.4 Å². The van der Waals surface area contributed by atoms with Gasteiger partial charge in [0.1, 0.15) is 0 Å². The summed E-state index contributed by atoms with van der Waals surface area (Å²) in [5.74, 6) is 0.528. The van der Waals surface area contributed by atoms with Crippen LogP contribution in [0.2, 0.25) is 0 Å². The van der Waals surface area contributed by atoms with Crippen molar-refractivity contribution in [3.8, 4) is 11.1 Å². The first-order valence-corrected chi connectivity index (χ1v) is 6.62. The second-order valence-corrected chi connectivity index (χ2v) is 5.29. The lowest BCUT2D eigenvalue weighted by molar-refractivity contribution is 0.990. The van der Waals surface area contributed by atoms with Crippen molar-refractivity contribution >= 4 is 22.0 Å². The summed E-state index contributed by atoms with van der Waals surface area (Å²) in [7, 11) is 0. The van der Waals surface area contributed by atoms with E-state index in [1.807, 2.05) is 0 Å². The minimum Gasteiger partial charge on any atom is -0.0766 e. The van der Waals surface area contributed by atoms with Crippen LogP contribution in [0.15, 0.2) is 53.0 Å². The van der Waals surface area contributed by atoms with Gasteiger partial charge in [0.15, 0.2) is 0 Å². The predicted octanol–water partition coefficient (Wildman–Crippen LogP) is 5.25. The third-order valence-electron chi connectivity index (χ3n) is 3.33. The summed E-state index contributed by atoms with van der Waals surface area (Å²) in [5.41, 5.74) is 5.36. The minimum absolute atomic E-state index is 0.528. The molecule has 0 nitrogen and oxygen atoms in total. The molecule has 1 aliphatic carbocycles. The quantitative estimate of drug-likeness (QED) is 0.671. The first-order valence-electron chi connectivity index (χ1n) is 5.83. The van der Waals surface area contributed by atoms with Crippen LogP contribution in [0.25, 0.3) is 17.2 Å². The highest BCUT2D eigenvalue weighted by molar-refractivity contribution is 9.10. The smallest absolute Gasteiger partial charge is 0.0259 e. The molecule has 0 saturated heterocycles. The van der Waals surface area contributed by atoms with Gasteiger partial charge in [-0.15, -0.1) is 0 Å². The molecule has 1 aliphatic rings. The molecule has 0 fully saturated rings. The summed E-state index contributed by atoms with van der Waals surface area (Å²) in [6.07, 6.45) is 4.51. The normalized spacial score (nSPS) is 17.2. The Kier molecular flexibility index (Phi) is 2.64. The van der Waals surface area contributed by atoms with Gasteiger partial charge in [0.05, 0.1) is 0 Å². The molecular formula is C16H13Br. The lowest BCUT2D eigenvalue weighted by atomic mass is 9.94. The van der Waals surface area contributed by atoms with Crippen molar-refractivity contribution in [2.75, 3.05) is 0 Å². The van der Waals surface area contributed by atoms with Crippen molar-refractivity contribution in [2.24, 2.45) is 0 Å². The summed E-state index contributed by atoms with van der Waals surface area (Å²) in [5, 5.41) is 0. The molecule has 0 spiro atoms. The number of allylic oxidation sites excluding steroid dienone is 1. The molecular weight excluding hydrogens is 272 g/mol. The van der Waals surface area contributed by atoms with E-state index in [2.05, 4.69) is 77.5 Å². The van der Waals surface area contributed by atoms with E-state index < -0.39 is 0 Å². The zero-order chi connectivity index (χ0) is 11.8. The molecule has 0 N–H and O–H groups in total. The second kappa shape index (κ2) is 4.15. The largest absolute Gasteiger partial charge is 0.0766 e. The van der Waals surface area contributed by atoms with Gasteiger partial charge >= 0.3 is 0 Å². The van der Waals surface area contributed by atoms with E-state index in [1.165, 1.54) is 26.7 Å². The van der Waals surface area contributed by atoms with Crippen LogP contribution in [0.4, 0.5) is 0 Å². The number of rotatable bonds is 1. The Morgan fingerprint density at radius 2 is 1.76 bits per heavy atom. The Morgan fingerprint density at radius 1 is 1.00 bits per heavy atom. The molecule has 2 aromatic rings. The van der Waals surface area contributed by atoms with Crippen molar-refractivity contribution < 1.29 is 0 Å².